The highest BCUT2D eigenvalue weighted by atomic mass is 16.5. The van der Waals surface area contributed by atoms with Crippen molar-refractivity contribution in [3.05, 3.63) is 12.5 Å². The maximum Gasteiger partial charge on any atom is 0.307 e. The Morgan fingerprint density at radius 2 is 2.19 bits per heavy atom. The second-order valence-electron chi connectivity index (χ2n) is 3.88. The molecule has 0 radical (unpaired) electrons. The molecule has 1 aromatic rings. The maximum atomic E-state index is 11.8. The molecule has 0 spiro atoms. The summed E-state index contributed by atoms with van der Waals surface area (Å²) in [5.74, 6) is -2.19. The smallest absolute Gasteiger partial charge is 0.307 e. The molecule has 0 aliphatic heterocycles. The lowest BCUT2D eigenvalue weighted by Crippen LogP contribution is -2.29. The van der Waals surface area contributed by atoms with E-state index in [9.17, 15) is 9.59 Å². The Morgan fingerprint density at radius 1 is 1.44 bits per heavy atom. The summed E-state index contributed by atoms with van der Waals surface area (Å²) in [6, 6.07) is 0. The van der Waals surface area contributed by atoms with Crippen molar-refractivity contribution in [2.24, 2.45) is 11.8 Å². The number of carboxylic acids is 1. The van der Waals surface area contributed by atoms with Gasteiger partial charge in [0, 0.05) is 0 Å². The zero-order valence-corrected chi connectivity index (χ0v) is 8.55. The van der Waals surface area contributed by atoms with E-state index in [4.69, 9.17) is 5.11 Å². The van der Waals surface area contributed by atoms with E-state index in [1.807, 2.05) is 0 Å². The summed E-state index contributed by atoms with van der Waals surface area (Å²) in [6.45, 7) is 0. The van der Waals surface area contributed by atoms with Gasteiger partial charge in [0.2, 0.25) is 5.91 Å². The van der Waals surface area contributed by atoms with Crippen LogP contribution >= 0.6 is 0 Å². The molecular weight excluding hydrogens is 212 g/mol. The molecule has 1 aliphatic rings. The first-order chi connectivity index (χ1) is 7.68. The van der Waals surface area contributed by atoms with E-state index in [2.05, 4.69) is 15.0 Å². The summed E-state index contributed by atoms with van der Waals surface area (Å²) >= 11 is 0. The first-order valence-corrected chi connectivity index (χ1v) is 5.11. The predicted octanol–water partition coefficient (Wildman–Crippen LogP) is 1.11. The van der Waals surface area contributed by atoms with Crippen LogP contribution in [0.15, 0.2) is 17.0 Å². The van der Waals surface area contributed by atoms with Crippen molar-refractivity contribution in [2.75, 3.05) is 5.32 Å². The molecule has 0 aromatic carbocycles. The van der Waals surface area contributed by atoms with Gasteiger partial charge in [-0.2, -0.15) is 0 Å². The number of carbonyl (C=O) groups excluding carboxylic acids is 1. The standard InChI is InChI=1S/C10H12N2O4/c13-9(12-6-4-11-16-5-6)7-2-1-3-8(7)10(14)15/h4-5,7-8H,1-3H2,(H,12,13)(H,14,15). The van der Waals surface area contributed by atoms with Crippen molar-refractivity contribution in [1.82, 2.24) is 5.16 Å². The zero-order chi connectivity index (χ0) is 11.5. The Kier molecular flexibility index (Phi) is 2.89. The number of rotatable bonds is 3. The van der Waals surface area contributed by atoms with Crippen LogP contribution in [-0.4, -0.2) is 22.1 Å². The van der Waals surface area contributed by atoms with Gasteiger partial charge in [0.05, 0.1) is 18.0 Å². The van der Waals surface area contributed by atoms with Crippen LogP contribution in [0.5, 0.6) is 0 Å². The van der Waals surface area contributed by atoms with Crippen LogP contribution in [0.2, 0.25) is 0 Å². The summed E-state index contributed by atoms with van der Waals surface area (Å²) in [5.41, 5.74) is 0.459. The number of anilines is 1. The molecule has 2 rings (SSSR count). The number of nitrogens with zero attached hydrogens (tertiary/aromatic N) is 1. The van der Waals surface area contributed by atoms with Crippen molar-refractivity contribution in [1.29, 1.82) is 0 Å². The summed E-state index contributed by atoms with van der Waals surface area (Å²) in [6.07, 6.45) is 4.65. The number of amides is 1. The predicted molar refractivity (Wildman–Crippen MR) is 53.6 cm³/mol. The molecule has 16 heavy (non-hydrogen) atoms. The second-order valence-corrected chi connectivity index (χ2v) is 3.88. The molecule has 1 amide bonds. The van der Waals surface area contributed by atoms with Gasteiger partial charge in [-0.05, 0) is 12.8 Å². The maximum absolute atomic E-state index is 11.8. The van der Waals surface area contributed by atoms with E-state index in [1.165, 1.54) is 12.5 Å². The van der Waals surface area contributed by atoms with Gasteiger partial charge in [-0.15, -0.1) is 0 Å². The van der Waals surface area contributed by atoms with Crippen molar-refractivity contribution in [3.8, 4) is 0 Å². The minimum Gasteiger partial charge on any atom is -0.481 e. The van der Waals surface area contributed by atoms with Crippen LogP contribution in [0.3, 0.4) is 0 Å². The summed E-state index contributed by atoms with van der Waals surface area (Å²) in [5, 5.41) is 15.0. The van der Waals surface area contributed by atoms with Crippen molar-refractivity contribution < 1.29 is 19.2 Å². The third-order valence-electron chi connectivity index (χ3n) is 2.87. The van der Waals surface area contributed by atoms with Gasteiger partial charge in [0.1, 0.15) is 12.0 Å². The normalized spacial score (nSPS) is 24.2. The zero-order valence-electron chi connectivity index (χ0n) is 8.55. The number of aromatic nitrogens is 1. The van der Waals surface area contributed by atoms with Crippen molar-refractivity contribution in [3.63, 3.8) is 0 Å². The van der Waals surface area contributed by atoms with E-state index in [1.54, 1.807) is 0 Å². The Morgan fingerprint density at radius 3 is 2.81 bits per heavy atom. The second kappa shape index (κ2) is 4.34. The molecular formula is C10H12N2O4. The molecule has 6 nitrogen and oxygen atoms in total. The Labute approximate surface area is 91.6 Å². The number of carboxylic acid groups (broad SMARTS) is 1. The highest BCUT2D eigenvalue weighted by Gasteiger charge is 2.37. The number of carbonyl (C=O) groups is 2. The van der Waals surface area contributed by atoms with Crippen LogP contribution in [0, 0.1) is 11.8 Å². The molecule has 2 atom stereocenters. The van der Waals surface area contributed by atoms with Gasteiger partial charge < -0.3 is 14.9 Å². The molecule has 2 N–H and O–H groups in total. The molecule has 1 saturated carbocycles. The molecule has 1 heterocycles. The van der Waals surface area contributed by atoms with Gasteiger partial charge in [0.25, 0.3) is 0 Å². The van der Waals surface area contributed by atoms with E-state index >= 15 is 0 Å². The Bertz CT molecular complexity index is 388. The van der Waals surface area contributed by atoms with Gasteiger partial charge in [-0.1, -0.05) is 11.6 Å². The number of hydrogen-bond donors (Lipinski definition) is 2. The van der Waals surface area contributed by atoms with E-state index in [-0.39, 0.29) is 5.91 Å². The first kappa shape index (κ1) is 10.7. The van der Waals surface area contributed by atoms with Crippen LogP contribution in [-0.2, 0) is 9.59 Å². The highest BCUT2D eigenvalue weighted by molar-refractivity contribution is 5.95. The molecule has 1 aliphatic carbocycles. The fourth-order valence-electron chi connectivity index (χ4n) is 2.07. The van der Waals surface area contributed by atoms with Gasteiger partial charge in [-0.25, -0.2) is 0 Å². The van der Waals surface area contributed by atoms with Crippen molar-refractivity contribution in [2.45, 2.75) is 19.3 Å². The van der Waals surface area contributed by atoms with Gasteiger partial charge in [-0.3, -0.25) is 9.59 Å². The molecule has 0 bridgehead atoms. The molecule has 2 unspecified atom stereocenters. The van der Waals surface area contributed by atoms with Crippen LogP contribution in [0.25, 0.3) is 0 Å². The molecule has 0 saturated heterocycles. The summed E-state index contributed by atoms with van der Waals surface area (Å²) in [7, 11) is 0. The monoisotopic (exact) mass is 224 g/mol. The van der Waals surface area contributed by atoms with Crippen LogP contribution in [0.1, 0.15) is 19.3 Å². The summed E-state index contributed by atoms with van der Waals surface area (Å²) in [4.78, 5) is 22.7. The highest BCUT2D eigenvalue weighted by Crippen LogP contribution is 2.32. The SMILES string of the molecule is O=C(O)C1CCCC1C(=O)Nc1cnoc1. The Balaban J connectivity index is 2.01. The molecule has 1 aromatic heterocycles. The van der Waals surface area contributed by atoms with Crippen LogP contribution in [0.4, 0.5) is 5.69 Å². The average molecular weight is 224 g/mol. The van der Waals surface area contributed by atoms with E-state index in [0.717, 1.165) is 6.42 Å². The molecule has 1 fully saturated rings. The topological polar surface area (TPSA) is 92.4 Å². The van der Waals surface area contributed by atoms with Crippen LogP contribution < -0.4 is 5.32 Å². The third kappa shape index (κ3) is 2.05. The lowest BCUT2D eigenvalue weighted by atomic mass is 9.95. The van der Waals surface area contributed by atoms with Gasteiger partial charge in [0.15, 0.2) is 0 Å². The number of hydrogen-bond acceptors (Lipinski definition) is 4. The third-order valence-corrected chi connectivity index (χ3v) is 2.87. The minimum atomic E-state index is -0.900. The molecule has 6 heteroatoms. The van der Waals surface area contributed by atoms with Crippen molar-refractivity contribution >= 4 is 17.6 Å². The number of aliphatic carboxylic acids is 1. The van der Waals surface area contributed by atoms with E-state index < -0.39 is 17.8 Å². The first-order valence-electron chi connectivity index (χ1n) is 5.11. The summed E-state index contributed by atoms with van der Waals surface area (Å²) < 4.78 is 4.57. The van der Waals surface area contributed by atoms with Gasteiger partial charge >= 0.3 is 5.97 Å². The average Bonchev–Trinajstić information content (AvgIpc) is 2.86. The lowest BCUT2D eigenvalue weighted by molar-refractivity contribution is -0.145. The largest absolute Gasteiger partial charge is 0.481 e. The fraction of sp³-hybridized carbons (Fsp3) is 0.500. The Hall–Kier alpha value is -1.85. The quantitative estimate of drug-likeness (QED) is 0.802. The lowest BCUT2D eigenvalue weighted by Gasteiger charge is -2.14. The van der Waals surface area contributed by atoms with E-state index in [0.29, 0.717) is 18.5 Å². The fourth-order valence-corrected chi connectivity index (χ4v) is 2.07. The number of nitrogens with one attached hydrogen (secondary N) is 1. The molecule has 86 valence electrons. The minimum absolute atomic E-state index is 0.270.